The van der Waals surface area contributed by atoms with Crippen molar-refractivity contribution in [1.82, 2.24) is 0 Å². The third-order valence-electron chi connectivity index (χ3n) is 3.06. The van der Waals surface area contributed by atoms with Gasteiger partial charge in [0, 0.05) is 12.0 Å². The van der Waals surface area contributed by atoms with E-state index in [9.17, 15) is 9.18 Å². The maximum Gasteiger partial charge on any atom is 0.167 e. The van der Waals surface area contributed by atoms with Crippen molar-refractivity contribution < 1.29 is 9.18 Å². The minimum Gasteiger partial charge on any atom is -0.396 e. The number of nitrogen functional groups attached to an aromatic ring is 1. The van der Waals surface area contributed by atoms with E-state index in [-0.39, 0.29) is 33.8 Å². The molecule has 0 fully saturated rings. The third kappa shape index (κ3) is 3.11. The van der Waals surface area contributed by atoms with Crippen LogP contribution in [0.4, 0.5) is 10.1 Å². The lowest BCUT2D eigenvalue weighted by Crippen LogP contribution is -2.06. The van der Waals surface area contributed by atoms with E-state index >= 15 is 0 Å². The predicted molar refractivity (Wildman–Crippen MR) is 80.0 cm³/mol. The van der Waals surface area contributed by atoms with Gasteiger partial charge in [0.1, 0.15) is 5.82 Å². The quantitative estimate of drug-likeness (QED) is 0.672. The van der Waals surface area contributed by atoms with Gasteiger partial charge in [-0.15, -0.1) is 0 Å². The van der Waals surface area contributed by atoms with E-state index in [1.165, 1.54) is 24.3 Å². The number of aryl methyl sites for hydroxylation is 1. The standard InChI is InChI=1S/C15H12Cl2FNO/c1-8-4-11(18)3-2-9(8)7-14(20)10-5-12(16)15(19)13(17)6-10/h2-6H,7,19H2,1H3. The largest absolute Gasteiger partial charge is 0.396 e. The average molecular weight is 312 g/mol. The number of rotatable bonds is 3. The van der Waals surface area contributed by atoms with E-state index in [1.807, 2.05) is 0 Å². The van der Waals surface area contributed by atoms with Gasteiger partial charge in [-0.3, -0.25) is 4.79 Å². The second kappa shape index (κ2) is 5.81. The van der Waals surface area contributed by atoms with Crippen molar-refractivity contribution in [3.05, 3.63) is 62.9 Å². The molecule has 0 radical (unpaired) electrons. The lowest BCUT2D eigenvalue weighted by molar-refractivity contribution is 0.0992. The number of carbonyl (C=O) groups is 1. The van der Waals surface area contributed by atoms with Crippen LogP contribution in [0.5, 0.6) is 0 Å². The monoisotopic (exact) mass is 311 g/mol. The van der Waals surface area contributed by atoms with Crippen molar-refractivity contribution >= 4 is 34.7 Å². The second-order valence-electron chi connectivity index (χ2n) is 4.52. The zero-order valence-corrected chi connectivity index (χ0v) is 12.2. The molecule has 0 bridgehead atoms. The topological polar surface area (TPSA) is 43.1 Å². The van der Waals surface area contributed by atoms with Crippen LogP contribution < -0.4 is 5.73 Å². The molecule has 2 aromatic rings. The van der Waals surface area contributed by atoms with E-state index in [0.717, 1.165) is 11.1 Å². The first kappa shape index (κ1) is 14.8. The van der Waals surface area contributed by atoms with Gasteiger partial charge in [-0.05, 0) is 42.3 Å². The van der Waals surface area contributed by atoms with Gasteiger partial charge in [0.15, 0.2) is 5.78 Å². The Hall–Kier alpha value is -1.58. The summed E-state index contributed by atoms with van der Waals surface area (Å²) in [5.41, 5.74) is 7.76. The Kier molecular flexibility index (Phi) is 4.31. The molecule has 5 heteroatoms. The van der Waals surface area contributed by atoms with Crippen LogP contribution in [-0.4, -0.2) is 5.78 Å². The molecule has 0 aromatic heterocycles. The van der Waals surface area contributed by atoms with Gasteiger partial charge in [0.25, 0.3) is 0 Å². The van der Waals surface area contributed by atoms with E-state index < -0.39 is 0 Å². The maximum atomic E-state index is 13.0. The number of hydrogen-bond donors (Lipinski definition) is 1. The minimum absolute atomic E-state index is 0.150. The summed E-state index contributed by atoms with van der Waals surface area (Å²) in [6.07, 6.45) is 0.155. The Morgan fingerprint density at radius 3 is 2.35 bits per heavy atom. The molecule has 0 aliphatic carbocycles. The molecule has 0 atom stereocenters. The molecule has 0 amide bonds. The lowest BCUT2D eigenvalue weighted by Gasteiger charge is -2.08. The van der Waals surface area contributed by atoms with E-state index in [4.69, 9.17) is 28.9 Å². The Labute approximate surface area is 126 Å². The third-order valence-corrected chi connectivity index (χ3v) is 3.68. The minimum atomic E-state index is -0.322. The van der Waals surface area contributed by atoms with Crippen molar-refractivity contribution in [2.45, 2.75) is 13.3 Å². The van der Waals surface area contributed by atoms with Crippen LogP contribution in [-0.2, 0) is 6.42 Å². The highest BCUT2D eigenvalue weighted by molar-refractivity contribution is 6.39. The molecule has 0 aliphatic rings. The number of halogens is 3. The van der Waals surface area contributed by atoms with Crippen molar-refractivity contribution in [3.63, 3.8) is 0 Å². The van der Waals surface area contributed by atoms with Gasteiger partial charge in [0.05, 0.1) is 15.7 Å². The lowest BCUT2D eigenvalue weighted by atomic mass is 9.99. The molecule has 2 N–H and O–H groups in total. The fourth-order valence-corrected chi connectivity index (χ4v) is 2.37. The Morgan fingerprint density at radius 2 is 1.80 bits per heavy atom. The summed E-state index contributed by atoms with van der Waals surface area (Å²) in [4.78, 5) is 12.2. The summed E-state index contributed by atoms with van der Waals surface area (Å²) in [6.45, 7) is 1.76. The van der Waals surface area contributed by atoms with Gasteiger partial charge in [-0.2, -0.15) is 0 Å². The summed E-state index contributed by atoms with van der Waals surface area (Å²) in [7, 11) is 0. The van der Waals surface area contributed by atoms with Crippen LogP contribution in [0.1, 0.15) is 21.5 Å². The maximum absolute atomic E-state index is 13.0. The Bertz CT molecular complexity index is 663. The molecule has 0 aliphatic heterocycles. The molecule has 104 valence electrons. The fraction of sp³-hybridized carbons (Fsp3) is 0.133. The van der Waals surface area contributed by atoms with Gasteiger partial charge < -0.3 is 5.73 Å². The van der Waals surface area contributed by atoms with Crippen LogP contribution in [0.15, 0.2) is 30.3 Å². The molecular formula is C15H12Cl2FNO. The number of nitrogens with two attached hydrogens (primary N) is 1. The predicted octanol–water partition coefficient (Wildman–Crippen LogP) is 4.45. The molecule has 0 spiro atoms. The number of carbonyl (C=O) groups excluding carboxylic acids is 1. The number of Topliss-reactive ketones (excluding diaryl/α,β-unsaturated/α-hetero) is 1. The first-order valence-corrected chi connectivity index (χ1v) is 6.67. The molecule has 0 heterocycles. The summed E-state index contributed by atoms with van der Waals surface area (Å²) in [5, 5.41) is 0.494. The van der Waals surface area contributed by atoms with E-state index in [0.29, 0.717) is 5.56 Å². The van der Waals surface area contributed by atoms with E-state index in [2.05, 4.69) is 0 Å². The normalized spacial score (nSPS) is 10.6. The first-order valence-electron chi connectivity index (χ1n) is 5.91. The van der Waals surface area contributed by atoms with Crippen LogP contribution >= 0.6 is 23.2 Å². The zero-order valence-electron chi connectivity index (χ0n) is 10.7. The molecule has 0 saturated heterocycles. The number of anilines is 1. The summed E-state index contributed by atoms with van der Waals surface area (Å²) >= 11 is 11.8. The molecule has 2 aromatic carbocycles. The van der Waals surface area contributed by atoms with Gasteiger partial charge in [-0.25, -0.2) is 4.39 Å². The van der Waals surface area contributed by atoms with Gasteiger partial charge in [-0.1, -0.05) is 29.3 Å². The van der Waals surface area contributed by atoms with Crippen LogP contribution in [0, 0.1) is 12.7 Å². The van der Waals surface area contributed by atoms with Crippen LogP contribution in [0.2, 0.25) is 10.0 Å². The van der Waals surface area contributed by atoms with E-state index in [1.54, 1.807) is 13.0 Å². The molecule has 0 unspecified atom stereocenters. The highest BCUT2D eigenvalue weighted by atomic mass is 35.5. The molecular weight excluding hydrogens is 300 g/mol. The molecule has 2 nitrogen and oxygen atoms in total. The zero-order chi connectivity index (χ0) is 14.9. The highest BCUT2D eigenvalue weighted by Crippen LogP contribution is 2.29. The molecule has 2 rings (SSSR count). The van der Waals surface area contributed by atoms with Crippen LogP contribution in [0.3, 0.4) is 0 Å². The fourth-order valence-electron chi connectivity index (χ4n) is 1.88. The van der Waals surface area contributed by atoms with Crippen LogP contribution in [0.25, 0.3) is 0 Å². The molecule has 20 heavy (non-hydrogen) atoms. The number of benzene rings is 2. The smallest absolute Gasteiger partial charge is 0.167 e. The molecule has 0 saturated carbocycles. The summed E-state index contributed by atoms with van der Waals surface area (Å²) in [5.74, 6) is -0.471. The second-order valence-corrected chi connectivity index (χ2v) is 5.34. The van der Waals surface area contributed by atoms with Gasteiger partial charge >= 0.3 is 0 Å². The SMILES string of the molecule is Cc1cc(F)ccc1CC(=O)c1cc(Cl)c(N)c(Cl)c1. The Morgan fingerprint density at radius 1 is 1.20 bits per heavy atom. The van der Waals surface area contributed by atoms with Crippen molar-refractivity contribution in [2.24, 2.45) is 0 Å². The summed E-state index contributed by atoms with van der Waals surface area (Å²) < 4.78 is 13.0. The highest BCUT2D eigenvalue weighted by Gasteiger charge is 2.13. The average Bonchev–Trinajstić information content (AvgIpc) is 2.38. The Balaban J connectivity index is 2.28. The van der Waals surface area contributed by atoms with Gasteiger partial charge in [0.2, 0.25) is 0 Å². The van der Waals surface area contributed by atoms with Crippen molar-refractivity contribution in [1.29, 1.82) is 0 Å². The number of ketones is 1. The number of hydrogen-bond acceptors (Lipinski definition) is 2. The first-order chi connectivity index (χ1) is 9.38. The van der Waals surface area contributed by atoms with Crippen molar-refractivity contribution in [2.75, 3.05) is 5.73 Å². The summed E-state index contributed by atoms with van der Waals surface area (Å²) in [6, 6.07) is 7.31. The van der Waals surface area contributed by atoms with Crippen molar-refractivity contribution in [3.8, 4) is 0 Å².